The normalized spacial score (nSPS) is 14.9. The van der Waals surface area contributed by atoms with Crippen molar-refractivity contribution in [1.82, 2.24) is 30.3 Å². The van der Waals surface area contributed by atoms with Crippen LogP contribution in [0, 0.1) is 0 Å². The van der Waals surface area contributed by atoms with Crippen LogP contribution in [0.2, 0.25) is 0 Å². The molecule has 0 aliphatic heterocycles. The Morgan fingerprint density at radius 2 is 2.04 bits per heavy atom. The molecule has 1 fully saturated rings. The number of nitrogens with one attached hydrogen (secondary N) is 2. The van der Waals surface area contributed by atoms with Crippen LogP contribution in [0.5, 0.6) is 0 Å². The van der Waals surface area contributed by atoms with Gasteiger partial charge in [0.1, 0.15) is 6.54 Å². The van der Waals surface area contributed by atoms with Gasteiger partial charge in [0.05, 0.1) is 11.4 Å². The predicted molar refractivity (Wildman–Crippen MR) is 97.3 cm³/mol. The number of nitrogens with zero attached hydrogens (tertiary/aromatic N) is 4. The van der Waals surface area contributed by atoms with Crippen molar-refractivity contribution in [3.8, 4) is 0 Å². The van der Waals surface area contributed by atoms with Gasteiger partial charge in [-0.05, 0) is 32.1 Å². The second-order valence-electron chi connectivity index (χ2n) is 6.44. The number of H-pyrrole nitrogens is 1. The van der Waals surface area contributed by atoms with Crippen LogP contribution in [0.15, 0.2) is 12.4 Å². The van der Waals surface area contributed by atoms with Gasteiger partial charge < -0.3 is 16.0 Å². The summed E-state index contributed by atoms with van der Waals surface area (Å²) in [6.45, 7) is 0.236. The number of hydrogen-bond donors (Lipinski definition) is 3. The fourth-order valence-corrected chi connectivity index (χ4v) is 3.15. The molecule has 138 valence electrons. The van der Waals surface area contributed by atoms with Gasteiger partial charge in [0.15, 0.2) is 5.95 Å². The van der Waals surface area contributed by atoms with Crippen molar-refractivity contribution < 1.29 is 4.79 Å². The Labute approximate surface area is 153 Å². The van der Waals surface area contributed by atoms with E-state index in [-0.39, 0.29) is 24.9 Å². The highest BCUT2D eigenvalue weighted by Gasteiger charge is 2.16. The second kappa shape index (κ2) is 9.41. The predicted octanol–water partition coefficient (Wildman–Crippen LogP) is 1.63. The highest BCUT2D eigenvalue weighted by Crippen LogP contribution is 2.17. The second-order valence-corrected chi connectivity index (χ2v) is 6.44. The fraction of sp³-hybridized carbons (Fsp3) is 0.625. The van der Waals surface area contributed by atoms with Gasteiger partial charge >= 0.3 is 0 Å². The standard InChI is InChI=1S/C16H25N7O.ClH/c17-16-18-9-13(20-16)7-4-8-14-10-23(22-21-14)11-15(24)19-12-5-2-1-3-6-12;/h9-10,12H,1-8,11H2,(H,19,24)(H3,17,18,20);1H. The van der Waals surface area contributed by atoms with Gasteiger partial charge in [-0.3, -0.25) is 4.79 Å². The summed E-state index contributed by atoms with van der Waals surface area (Å²) in [5, 5.41) is 11.3. The molecule has 0 unspecified atom stereocenters. The van der Waals surface area contributed by atoms with Crippen LogP contribution in [0.4, 0.5) is 5.95 Å². The molecule has 0 atom stereocenters. The average Bonchev–Trinajstić information content (AvgIpc) is 3.17. The molecule has 1 amide bonds. The van der Waals surface area contributed by atoms with Crippen LogP contribution in [-0.4, -0.2) is 36.9 Å². The third-order valence-electron chi connectivity index (χ3n) is 4.38. The number of nitrogens with two attached hydrogens (primary N) is 1. The minimum absolute atomic E-state index is 0. The Bertz CT molecular complexity index is 663. The number of aromatic amines is 1. The van der Waals surface area contributed by atoms with Crippen LogP contribution >= 0.6 is 12.4 Å². The topological polar surface area (TPSA) is 115 Å². The smallest absolute Gasteiger partial charge is 0.242 e. The first kappa shape index (κ1) is 19.2. The van der Waals surface area contributed by atoms with Crippen LogP contribution in [0.25, 0.3) is 0 Å². The van der Waals surface area contributed by atoms with Crippen molar-refractivity contribution >= 4 is 24.3 Å². The number of anilines is 1. The third kappa shape index (κ3) is 6.04. The molecule has 2 aromatic heterocycles. The molecular formula is C16H26ClN7O. The van der Waals surface area contributed by atoms with Gasteiger partial charge in [-0.15, -0.1) is 17.5 Å². The molecule has 25 heavy (non-hydrogen) atoms. The molecule has 0 aromatic carbocycles. The molecule has 1 aliphatic rings. The summed E-state index contributed by atoms with van der Waals surface area (Å²) >= 11 is 0. The van der Waals surface area contributed by atoms with E-state index in [9.17, 15) is 4.79 Å². The largest absolute Gasteiger partial charge is 0.369 e. The average molecular weight is 368 g/mol. The first-order valence-electron chi connectivity index (χ1n) is 8.67. The van der Waals surface area contributed by atoms with Crippen molar-refractivity contribution in [3.05, 3.63) is 23.8 Å². The Morgan fingerprint density at radius 1 is 1.28 bits per heavy atom. The summed E-state index contributed by atoms with van der Waals surface area (Å²) in [4.78, 5) is 19.1. The number of hydrogen-bond acceptors (Lipinski definition) is 5. The Hall–Kier alpha value is -2.09. The van der Waals surface area contributed by atoms with E-state index < -0.39 is 0 Å². The maximum Gasteiger partial charge on any atom is 0.242 e. The first-order chi connectivity index (χ1) is 11.7. The van der Waals surface area contributed by atoms with E-state index in [1.54, 1.807) is 4.68 Å². The Kier molecular flexibility index (Phi) is 7.24. The van der Waals surface area contributed by atoms with Gasteiger partial charge in [-0.25, -0.2) is 9.67 Å². The number of aromatic nitrogens is 5. The van der Waals surface area contributed by atoms with E-state index in [0.717, 1.165) is 43.5 Å². The van der Waals surface area contributed by atoms with Crippen molar-refractivity contribution in [3.63, 3.8) is 0 Å². The summed E-state index contributed by atoms with van der Waals surface area (Å²) in [6, 6.07) is 0.329. The van der Waals surface area contributed by atoms with Gasteiger partial charge in [0, 0.05) is 18.4 Å². The van der Waals surface area contributed by atoms with Gasteiger partial charge in [-0.1, -0.05) is 24.5 Å². The quantitative estimate of drug-likeness (QED) is 0.688. The van der Waals surface area contributed by atoms with E-state index in [1.165, 1.54) is 19.3 Å². The minimum atomic E-state index is 0. The highest BCUT2D eigenvalue weighted by atomic mass is 35.5. The van der Waals surface area contributed by atoms with Crippen LogP contribution < -0.4 is 11.1 Å². The lowest BCUT2D eigenvalue weighted by Crippen LogP contribution is -2.38. The van der Waals surface area contributed by atoms with Gasteiger partial charge in [0.25, 0.3) is 0 Å². The molecule has 0 bridgehead atoms. The zero-order valence-electron chi connectivity index (χ0n) is 14.3. The summed E-state index contributed by atoms with van der Waals surface area (Å²) < 4.78 is 1.61. The maximum atomic E-state index is 12.1. The lowest BCUT2D eigenvalue weighted by molar-refractivity contribution is -0.122. The minimum Gasteiger partial charge on any atom is -0.369 e. The lowest BCUT2D eigenvalue weighted by Gasteiger charge is -2.22. The highest BCUT2D eigenvalue weighted by molar-refractivity contribution is 5.85. The summed E-state index contributed by atoms with van der Waals surface area (Å²) in [7, 11) is 0. The lowest BCUT2D eigenvalue weighted by atomic mass is 9.95. The zero-order chi connectivity index (χ0) is 16.8. The zero-order valence-corrected chi connectivity index (χ0v) is 15.1. The number of carbonyl (C=O) groups excluding carboxylic acids is 1. The molecule has 0 saturated heterocycles. The molecule has 8 nitrogen and oxygen atoms in total. The number of rotatable bonds is 7. The SMILES string of the molecule is Cl.Nc1nc(CCCc2cn(CC(=O)NC3CCCCC3)nn2)c[nH]1. The van der Waals surface area contributed by atoms with E-state index >= 15 is 0 Å². The van der Waals surface area contributed by atoms with E-state index in [4.69, 9.17) is 5.73 Å². The molecule has 1 saturated carbocycles. The molecule has 3 rings (SSSR count). The first-order valence-corrected chi connectivity index (χ1v) is 8.67. The molecule has 0 radical (unpaired) electrons. The number of amides is 1. The van der Waals surface area contributed by atoms with Crippen LogP contribution in [-0.2, 0) is 24.2 Å². The Balaban J connectivity index is 0.00000225. The molecule has 1 aliphatic carbocycles. The summed E-state index contributed by atoms with van der Waals surface area (Å²) in [5.41, 5.74) is 7.39. The van der Waals surface area contributed by atoms with E-state index in [0.29, 0.717) is 12.0 Å². The monoisotopic (exact) mass is 367 g/mol. The molecular weight excluding hydrogens is 342 g/mol. The van der Waals surface area contributed by atoms with Crippen LogP contribution in [0.3, 0.4) is 0 Å². The molecule has 0 spiro atoms. The molecule has 2 aromatic rings. The summed E-state index contributed by atoms with van der Waals surface area (Å²) in [6.07, 6.45) is 12.1. The Morgan fingerprint density at radius 3 is 2.76 bits per heavy atom. The number of aryl methyl sites for hydroxylation is 2. The number of nitrogen functional groups attached to an aromatic ring is 1. The van der Waals surface area contributed by atoms with E-state index in [1.807, 2.05) is 12.4 Å². The number of imidazole rings is 1. The van der Waals surface area contributed by atoms with Crippen molar-refractivity contribution in [2.24, 2.45) is 0 Å². The number of halogens is 1. The molecule has 9 heteroatoms. The number of carbonyl (C=O) groups is 1. The van der Waals surface area contributed by atoms with Crippen molar-refractivity contribution in [1.29, 1.82) is 0 Å². The third-order valence-corrected chi connectivity index (χ3v) is 4.38. The summed E-state index contributed by atoms with van der Waals surface area (Å²) in [5.74, 6) is 0.463. The van der Waals surface area contributed by atoms with E-state index in [2.05, 4.69) is 25.6 Å². The fourth-order valence-electron chi connectivity index (χ4n) is 3.15. The van der Waals surface area contributed by atoms with Crippen LogP contribution in [0.1, 0.15) is 49.9 Å². The molecule has 4 N–H and O–H groups in total. The van der Waals surface area contributed by atoms with Crippen molar-refractivity contribution in [2.45, 2.75) is 64.0 Å². The molecule has 2 heterocycles. The van der Waals surface area contributed by atoms with Gasteiger partial charge in [-0.2, -0.15) is 0 Å². The van der Waals surface area contributed by atoms with Gasteiger partial charge in [0.2, 0.25) is 5.91 Å². The maximum absolute atomic E-state index is 12.1. The van der Waals surface area contributed by atoms with Crippen molar-refractivity contribution in [2.75, 3.05) is 5.73 Å².